The van der Waals surface area contributed by atoms with Gasteiger partial charge in [-0.3, -0.25) is 0 Å². The van der Waals surface area contributed by atoms with Gasteiger partial charge in [-0.25, -0.2) is 0 Å². The van der Waals surface area contributed by atoms with E-state index < -0.39 is 6.35 Å². The number of benzene rings is 2. The predicted molar refractivity (Wildman–Crippen MR) is 110 cm³/mol. The Kier molecular flexibility index (Phi) is 5.48. The van der Waals surface area contributed by atoms with Crippen molar-refractivity contribution in [3.8, 4) is 0 Å². The van der Waals surface area contributed by atoms with E-state index in [1.54, 1.807) is 0 Å². The van der Waals surface area contributed by atoms with E-state index in [2.05, 4.69) is 87.5 Å². The van der Waals surface area contributed by atoms with Crippen LogP contribution >= 0.6 is 0 Å². The third-order valence-corrected chi connectivity index (χ3v) is 5.95. The van der Waals surface area contributed by atoms with Gasteiger partial charge in [-0.2, -0.15) is 0 Å². The highest BCUT2D eigenvalue weighted by molar-refractivity contribution is 6.73. The summed E-state index contributed by atoms with van der Waals surface area (Å²) in [6.07, 6.45) is 8.98. The van der Waals surface area contributed by atoms with E-state index >= 15 is 0 Å². The molecular formula is C23H28BO-. The Balaban J connectivity index is 2.02. The number of allylic oxidation sites excluding steroid dienone is 2. The van der Waals surface area contributed by atoms with E-state index in [4.69, 9.17) is 4.65 Å². The maximum absolute atomic E-state index is 6.43. The van der Waals surface area contributed by atoms with Crippen LogP contribution in [0.4, 0.5) is 0 Å². The summed E-state index contributed by atoms with van der Waals surface area (Å²) < 4.78 is 6.43. The van der Waals surface area contributed by atoms with Crippen molar-refractivity contribution in [1.29, 1.82) is 0 Å². The average Bonchev–Trinajstić information content (AvgIpc) is 2.69. The lowest BCUT2D eigenvalue weighted by Crippen LogP contribution is -2.33. The van der Waals surface area contributed by atoms with Gasteiger partial charge in [-0.1, -0.05) is 87.5 Å². The van der Waals surface area contributed by atoms with Crippen LogP contribution in [0.15, 0.2) is 72.5 Å². The Bertz CT molecular complexity index is 748. The van der Waals surface area contributed by atoms with Gasteiger partial charge < -0.3 is 4.65 Å². The molecule has 0 amide bonds. The molecule has 1 atom stereocenters. The summed E-state index contributed by atoms with van der Waals surface area (Å²) >= 11 is 0. The topological polar surface area (TPSA) is 9.23 Å². The molecule has 25 heavy (non-hydrogen) atoms. The minimum Gasteiger partial charge on any atom is -0.718 e. The Morgan fingerprint density at radius 1 is 0.840 bits per heavy atom. The Hall–Kier alpha value is -2.22. The Morgan fingerprint density at radius 2 is 1.48 bits per heavy atom. The molecular weight excluding hydrogens is 303 g/mol. The average molecular weight is 331 g/mol. The molecule has 0 aliphatic heterocycles. The van der Waals surface area contributed by atoms with Crippen LogP contribution in [0, 0.1) is 0 Å². The quantitative estimate of drug-likeness (QED) is 0.420. The molecule has 2 heteroatoms. The summed E-state index contributed by atoms with van der Waals surface area (Å²) in [5.74, 6) is 0.237. The van der Waals surface area contributed by atoms with Gasteiger partial charge in [0.2, 0.25) is 0 Å². The SMILES string of the molecule is CC[B-](CC)(CC)O/C=C1/C=Cc2ccccc2[C@H]1c1ccccc1. The molecule has 0 bridgehead atoms. The summed E-state index contributed by atoms with van der Waals surface area (Å²) in [6, 6.07) is 19.4. The molecule has 0 radical (unpaired) electrons. The summed E-state index contributed by atoms with van der Waals surface area (Å²) in [5.41, 5.74) is 5.21. The van der Waals surface area contributed by atoms with Gasteiger partial charge >= 0.3 is 0 Å². The summed E-state index contributed by atoms with van der Waals surface area (Å²) in [4.78, 5) is 0. The minimum absolute atomic E-state index is 0.237. The van der Waals surface area contributed by atoms with Crippen LogP contribution in [0.1, 0.15) is 43.4 Å². The first-order valence-electron chi connectivity index (χ1n) is 9.62. The largest absolute Gasteiger partial charge is 0.718 e. The molecule has 2 aromatic carbocycles. The monoisotopic (exact) mass is 331 g/mol. The first-order valence-corrected chi connectivity index (χ1v) is 9.62. The van der Waals surface area contributed by atoms with Gasteiger partial charge in [0.15, 0.2) is 6.35 Å². The molecule has 0 N–H and O–H groups in total. The van der Waals surface area contributed by atoms with Crippen LogP contribution in [0.25, 0.3) is 6.08 Å². The van der Waals surface area contributed by atoms with Crippen molar-refractivity contribution in [2.75, 3.05) is 0 Å². The zero-order valence-corrected chi connectivity index (χ0v) is 15.6. The van der Waals surface area contributed by atoms with Crippen molar-refractivity contribution >= 4 is 12.4 Å². The van der Waals surface area contributed by atoms with Crippen molar-refractivity contribution in [2.24, 2.45) is 0 Å². The maximum atomic E-state index is 6.43. The fourth-order valence-electron chi connectivity index (χ4n) is 3.89. The molecule has 1 aliphatic carbocycles. The highest BCUT2D eigenvalue weighted by atomic mass is 16.4. The molecule has 0 saturated heterocycles. The second-order valence-electron chi connectivity index (χ2n) is 7.15. The van der Waals surface area contributed by atoms with E-state index in [0.717, 1.165) is 19.0 Å². The molecule has 130 valence electrons. The van der Waals surface area contributed by atoms with E-state index in [1.165, 1.54) is 22.3 Å². The number of fused-ring (bicyclic) bond motifs is 1. The third-order valence-electron chi connectivity index (χ3n) is 5.95. The molecule has 0 fully saturated rings. The van der Waals surface area contributed by atoms with Crippen LogP contribution in [0.2, 0.25) is 19.0 Å². The van der Waals surface area contributed by atoms with Crippen molar-refractivity contribution in [2.45, 2.75) is 45.6 Å². The number of rotatable bonds is 6. The minimum atomic E-state index is -0.766. The lowest BCUT2D eigenvalue weighted by molar-refractivity contribution is 0.451. The number of hydrogen-bond donors (Lipinski definition) is 0. The molecule has 0 heterocycles. The van der Waals surface area contributed by atoms with Crippen LogP contribution < -0.4 is 0 Å². The first kappa shape index (κ1) is 17.6. The van der Waals surface area contributed by atoms with Crippen LogP contribution in [0.3, 0.4) is 0 Å². The highest BCUT2D eigenvalue weighted by Crippen LogP contribution is 2.39. The summed E-state index contributed by atoms with van der Waals surface area (Å²) in [7, 11) is 0. The lowest BCUT2D eigenvalue weighted by atomic mass is 9.34. The van der Waals surface area contributed by atoms with Crippen LogP contribution in [-0.2, 0) is 4.65 Å². The molecule has 3 rings (SSSR count). The van der Waals surface area contributed by atoms with Crippen molar-refractivity contribution < 1.29 is 4.65 Å². The normalized spacial score (nSPS) is 18.2. The fourth-order valence-corrected chi connectivity index (χ4v) is 3.89. The second kappa shape index (κ2) is 7.78. The van der Waals surface area contributed by atoms with Gasteiger partial charge in [-0.15, -0.1) is 19.0 Å². The van der Waals surface area contributed by atoms with E-state index in [0.29, 0.717) is 0 Å². The van der Waals surface area contributed by atoms with Crippen LogP contribution in [0.5, 0.6) is 0 Å². The van der Waals surface area contributed by atoms with Crippen LogP contribution in [-0.4, -0.2) is 6.35 Å². The van der Waals surface area contributed by atoms with Gasteiger partial charge in [0.05, 0.1) is 0 Å². The molecule has 1 nitrogen and oxygen atoms in total. The smallest absolute Gasteiger partial charge is 0.163 e. The molecule has 0 spiro atoms. The maximum Gasteiger partial charge on any atom is 0.163 e. The van der Waals surface area contributed by atoms with Gasteiger partial charge in [0.25, 0.3) is 0 Å². The summed E-state index contributed by atoms with van der Waals surface area (Å²) in [5, 5.41) is 0. The second-order valence-corrected chi connectivity index (χ2v) is 7.15. The molecule has 1 aliphatic rings. The van der Waals surface area contributed by atoms with E-state index in [1.807, 2.05) is 6.26 Å². The fraction of sp³-hybridized carbons (Fsp3) is 0.304. The van der Waals surface area contributed by atoms with Gasteiger partial charge in [-0.05, 0) is 22.3 Å². The Labute approximate surface area is 152 Å². The highest BCUT2D eigenvalue weighted by Gasteiger charge is 2.24. The van der Waals surface area contributed by atoms with Crippen molar-refractivity contribution in [3.05, 3.63) is 89.2 Å². The molecule has 2 aromatic rings. The predicted octanol–water partition coefficient (Wildman–Crippen LogP) is 6.75. The van der Waals surface area contributed by atoms with Crippen molar-refractivity contribution in [3.63, 3.8) is 0 Å². The standard InChI is InChI=1S/C23H28BO/c1-4-24(5-2,6-3)25-18-21-17-16-19-12-10-11-15-22(19)23(21)20-13-8-7-9-14-20/h7-18,23H,4-6H2,1-3H3/q-1/b21-18-/t23-/m0/s1. The zero-order valence-electron chi connectivity index (χ0n) is 15.6. The zero-order chi connectivity index (χ0) is 17.7. The van der Waals surface area contributed by atoms with E-state index in [-0.39, 0.29) is 5.92 Å². The Morgan fingerprint density at radius 3 is 2.16 bits per heavy atom. The number of hydrogen-bond acceptors (Lipinski definition) is 1. The lowest BCUT2D eigenvalue weighted by Gasteiger charge is -2.38. The van der Waals surface area contributed by atoms with E-state index in [9.17, 15) is 0 Å². The molecule has 0 unspecified atom stereocenters. The summed E-state index contributed by atoms with van der Waals surface area (Å²) in [6.45, 7) is 6.73. The molecule has 0 saturated carbocycles. The molecule has 0 aromatic heterocycles. The van der Waals surface area contributed by atoms with Crippen molar-refractivity contribution in [1.82, 2.24) is 0 Å². The first-order chi connectivity index (χ1) is 12.2. The van der Waals surface area contributed by atoms with Gasteiger partial charge in [0.1, 0.15) is 0 Å². The van der Waals surface area contributed by atoms with Gasteiger partial charge in [0, 0.05) is 12.2 Å². The third kappa shape index (κ3) is 3.58.